The Kier molecular flexibility index (Phi) is 2.84. The number of aryl methyl sites for hydroxylation is 2. The first-order chi connectivity index (χ1) is 7.92. The van der Waals surface area contributed by atoms with Crippen LogP contribution in [0.3, 0.4) is 0 Å². The van der Waals surface area contributed by atoms with Gasteiger partial charge in [-0.15, -0.1) is 11.3 Å². The van der Waals surface area contributed by atoms with E-state index >= 15 is 0 Å². The Morgan fingerprint density at radius 1 is 1.25 bits per heavy atom. The van der Waals surface area contributed by atoms with Crippen LogP contribution in [0, 0.1) is 0 Å². The maximum atomic E-state index is 4.19. The summed E-state index contributed by atoms with van der Waals surface area (Å²) in [5.74, 6) is 0. The largest absolute Gasteiger partial charge is 0.302 e. The Hall–Kier alpha value is -1.00. The quantitative estimate of drug-likeness (QED) is 0.837. The fraction of sp³-hybridized carbons (Fsp3) is 0.250. The number of nitrogens with zero attached hydrogens (tertiary/aromatic N) is 1. The van der Waals surface area contributed by atoms with Crippen molar-refractivity contribution in [3.8, 4) is 0 Å². The Morgan fingerprint density at radius 3 is 3.06 bits per heavy atom. The van der Waals surface area contributed by atoms with Gasteiger partial charge in [-0.3, -0.25) is 0 Å². The number of thiazole rings is 1. The number of aromatic nitrogens is 1. The number of nitrogens with one attached hydrogen (secondary N) is 1. The van der Waals surface area contributed by atoms with Crippen LogP contribution in [0.25, 0.3) is 0 Å². The van der Waals surface area contributed by atoms with Gasteiger partial charge in [0, 0.05) is 16.5 Å². The molecule has 0 unspecified atom stereocenters. The molecule has 0 amide bonds. The van der Waals surface area contributed by atoms with Crippen molar-refractivity contribution in [3.63, 3.8) is 0 Å². The van der Waals surface area contributed by atoms with Gasteiger partial charge in [-0.25, -0.2) is 4.98 Å². The molecule has 1 aromatic carbocycles. The van der Waals surface area contributed by atoms with Crippen LogP contribution in [0.2, 0.25) is 0 Å². The summed E-state index contributed by atoms with van der Waals surface area (Å²) in [5.41, 5.74) is 3.05. The summed E-state index contributed by atoms with van der Waals surface area (Å²) in [6, 6.07) is 6.75. The van der Waals surface area contributed by atoms with E-state index in [1.807, 2.05) is 11.6 Å². The van der Waals surface area contributed by atoms with Crippen molar-refractivity contribution in [2.24, 2.45) is 0 Å². The van der Waals surface area contributed by atoms with Crippen LogP contribution in [0.5, 0.6) is 0 Å². The summed E-state index contributed by atoms with van der Waals surface area (Å²) in [7, 11) is 0. The van der Waals surface area contributed by atoms with Gasteiger partial charge in [0.15, 0.2) is 5.13 Å². The molecule has 1 heterocycles. The van der Waals surface area contributed by atoms with Crippen molar-refractivity contribution in [1.29, 1.82) is 0 Å². The van der Waals surface area contributed by atoms with Gasteiger partial charge in [-0.2, -0.15) is 0 Å². The number of rotatable bonds is 3. The van der Waals surface area contributed by atoms with Crippen molar-refractivity contribution < 1.29 is 0 Å². The Morgan fingerprint density at radius 2 is 2.19 bits per heavy atom. The third kappa shape index (κ3) is 2.08. The average molecular weight is 248 g/mol. The molecule has 0 radical (unpaired) electrons. The summed E-state index contributed by atoms with van der Waals surface area (Å²) < 4.78 is 3.26. The number of hydrogen-bond acceptors (Lipinski definition) is 4. The molecule has 0 saturated carbocycles. The highest BCUT2D eigenvalue weighted by molar-refractivity contribution is 8.00. The maximum absolute atomic E-state index is 4.19. The molecule has 2 nitrogen and oxygen atoms in total. The standard InChI is InChI=1S/C12H12N2S2/c1-2-9-4-5-11(8-10(9)3-1)16-14-12-13-6-7-15-12/h4-8H,1-3H2,(H,13,14). The lowest BCUT2D eigenvalue weighted by Crippen LogP contribution is -1.87. The van der Waals surface area contributed by atoms with E-state index in [9.17, 15) is 0 Å². The second kappa shape index (κ2) is 4.47. The van der Waals surface area contributed by atoms with Crippen LogP contribution < -0.4 is 4.72 Å². The second-order valence-electron chi connectivity index (χ2n) is 3.83. The van der Waals surface area contributed by atoms with Gasteiger partial charge >= 0.3 is 0 Å². The molecular weight excluding hydrogens is 236 g/mol. The maximum Gasteiger partial charge on any atom is 0.192 e. The molecule has 0 spiro atoms. The van der Waals surface area contributed by atoms with E-state index in [2.05, 4.69) is 27.9 Å². The third-order valence-electron chi connectivity index (χ3n) is 2.76. The molecule has 3 rings (SSSR count). The predicted molar refractivity (Wildman–Crippen MR) is 70.1 cm³/mol. The molecule has 16 heavy (non-hydrogen) atoms. The fourth-order valence-electron chi connectivity index (χ4n) is 1.99. The smallest absolute Gasteiger partial charge is 0.192 e. The second-order valence-corrected chi connectivity index (χ2v) is 5.60. The molecule has 0 saturated heterocycles. The predicted octanol–water partition coefficient (Wildman–Crippen LogP) is 3.75. The molecule has 1 aromatic heterocycles. The molecule has 0 aliphatic heterocycles. The highest BCUT2D eigenvalue weighted by Crippen LogP contribution is 2.28. The van der Waals surface area contributed by atoms with Crippen LogP contribution in [0.4, 0.5) is 5.13 Å². The molecular formula is C12H12N2S2. The lowest BCUT2D eigenvalue weighted by molar-refractivity contribution is 0.911. The van der Waals surface area contributed by atoms with Crippen LogP contribution in [0.15, 0.2) is 34.7 Å². The zero-order valence-electron chi connectivity index (χ0n) is 8.77. The Balaban J connectivity index is 1.71. The molecule has 82 valence electrons. The van der Waals surface area contributed by atoms with E-state index < -0.39 is 0 Å². The van der Waals surface area contributed by atoms with Crippen molar-refractivity contribution >= 4 is 28.4 Å². The molecule has 0 atom stereocenters. The van der Waals surface area contributed by atoms with Crippen molar-refractivity contribution in [2.75, 3.05) is 4.72 Å². The molecule has 2 aromatic rings. The zero-order chi connectivity index (χ0) is 10.8. The monoisotopic (exact) mass is 248 g/mol. The number of anilines is 1. The van der Waals surface area contributed by atoms with E-state index in [4.69, 9.17) is 0 Å². The number of benzene rings is 1. The van der Waals surface area contributed by atoms with Crippen LogP contribution in [0.1, 0.15) is 17.5 Å². The van der Waals surface area contributed by atoms with Crippen LogP contribution in [-0.4, -0.2) is 4.98 Å². The van der Waals surface area contributed by atoms with Gasteiger partial charge in [0.25, 0.3) is 0 Å². The summed E-state index contributed by atoms with van der Waals surface area (Å²) in [4.78, 5) is 5.46. The summed E-state index contributed by atoms with van der Waals surface area (Å²) in [6.07, 6.45) is 5.61. The fourth-order valence-corrected chi connectivity index (χ4v) is 3.27. The zero-order valence-corrected chi connectivity index (χ0v) is 10.4. The van der Waals surface area contributed by atoms with Gasteiger partial charge in [0.05, 0.1) is 0 Å². The minimum Gasteiger partial charge on any atom is -0.302 e. The number of fused-ring (bicyclic) bond motifs is 1. The van der Waals surface area contributed by atoms with Gasteiger partial charge in [-0.05, 0) is 54.5 Å². The van der Waals surface area contributed by atoms with E-state index in [1.165, 1.54) is 35.3 Å². The Labute approximate surface area is 103 Å². The minimum absolute atomic E-state index is 0.963. The molecule has 0 bridgehead atoms. The van der Waals surface area contributed by atoms with E-state index in [0.29, 0.717) is 0 Å². The van der Waals surface area contributed by atoms with Crippen LogP contribution in [-0.2, 0) is 12.8 Å². The minimum atomic E-state index is 0.963. The molecule has 4 heteroatoms. The summed E-state index contributed by atoms with van der Waals surface area (Å²) in [5, 5.41) is 2.94. The average Bonchev–Trinajstić information content (AvgIpc) is 2.97. The SMILES string of the molecule is c1csc(NSc2ccc3c(c2)CCC3)n1. The van der Waals surface area contributed by atoms with Crippen molar-refractivity contribution in [2.45, 2.75) is 24.2 Å². The highest BCUT2D eigenvalue weighted by atomic mass is 32.2. The molecule has 0 fully saturated rings. The molecule has 1 aliphatic carbocycles. The summed E-state index contributed by atoms with van der Waals surface area (Å²) in [6.45, 7) is 0. The van der Waals surface area contributed by atoms with Gasteiger partial charge in [-0.1, -0.05) is 6.07 Å². The highest BCUT2D eigenvalue weighted by Gasteiger charge is 2.10. The van der Waals surface area contributed by atoms with Gasteiger partial charge < -0.3 is 4.72 Å². The summed E-state index contributed by atoms with van der Waals surface area (Å²) >= 11 is 3.27. The van der Waals surface area contributed by atoms with Gasteiger partial charge in [0.2, 0.25) is 0 Å². The first-order valence-corrected chi connectivity index (χ1v) is 7.05. The van der Waals surface area contributed by atoms with Crippen LogP contribution >= 0.6 is 23.3 Å². The topological polar surface area (TPSA) is 24.9 Å². The van der Waals surface area contributed by atoms with Gasteiger partial charge in [0.1, 0.15) is 0 Å². The van der Waals surface area contributed by atoms with Crippen molar-refractivity contribution in [3.05, 3.63) is 40.9 Å². The number of hydrogen-bond donors (Lipinski definition) is 1. The van der Waals surface area contributed by atoms with Crippen molar-refractivity contribution in [1.82, 2.24) is 4.98 Å². The lowest BCUT2D eigenvalue weighted by atomic mass is 10.1. The first-order valence-electron chi connectivity index (χ1n) is 5.36. The Bertz CT molecular complexity index is 480. The molecule has 1 aliphatic rings. The van der Waals surface area contributed by atoms with E-state index in [-0.39, 0.29) is 0 Å². The lowest BCUT2D eigenvalue weighted by Gasteiger charge is -2.04. The first kappa shape index (κ1) is 10.2. The van der Waals surface area contributed by atoms with E-state index in [1.54, 1.807) is 23.3 Å². The van der Waals surface area contributed by atoms with E-state index in [0.717, 1.165) is 5.13 Å². The third-order valence-corrected chi connectivity index (χ3v) is 4.36. The molecule has 1 N–H and O–H groups in total. The normalized spacial score (nSPS) is 13.8.